The molecule has 0 bridgehead atoms. The third-order valence-corrected chi connectivity index (χ3v) is 10.2. The van der Waals surface area contributed by atoms with Gasteiger partial charge in [0.25, 0.3) is 0 Å². The van der Waals surface area contributed by atoms with E-state index in [-0.39, 0.29) is 29.3 Å². The van der Waals surface area contributed by atoms with Gasteiger partial charge in [-0.3, -0.25) is 4.79 Å². The van der Waals surface area contributed by atoms with Crippen molar-refractivity contribution in [3.8, 4) is 0 Å². The van der Waals surface area contributed by atoms with Crippen LogP contribution < -0.4 is 5.63 Å². The van der Waals surface area contributed by atoms with E-state index in [1.54, 1.807) is 6.07 Å². The minimum atomic E-state index is -0.957. The molecule has 0 radical (unpaired) electrons. The minimum absolute atomic E-state index is 0.133. The fraction of sp³-hybridized carbons (Fsp3) is 0.769. The van der Waals surface area contributed by atoms with E-state index in [0.717, 1.165) is 50.5 Å². The molecule has 1 aromatic heterocycles. The van der Waals surface area contributed by atoms with Gasteiger partial charge in [0.05, 0.1) is 18.0 Å². The first kappa shape index (κ1) is 22.1. The highest BCUT2D eigenvalue weighted by Gasteiger charge is 2.70. The largest absolute Gasteiger partial charge is 0.462 e. The van der Waals surface area contributed by atoms with Gasteiger partial charge >= 0.3 is 11.6 Å². The maximum absolute atomic E-state index is 12.5. The number of rotatable bonds is 2. The maximum Gasteiger partial charge on any atom is 0.335 e. The highest BCUT2D eigenvalue weighted by Crippen LogP contribution is 2.70. The maximum atomic E-state index is 12.5. The molecule has 4 saturated carbocycles. The van der Waals surface area contributed by atoms with Crippen molar-refractivity contribution in [1.82, 2.24) is 0 Å². The molecule has 176 valence electrons. The Hall–Kier alpha value is -1.66. The number of hydrogen-bond acceptors (Lipinski definition) is 6. The standard InChI is InChI=1S/C26H36O6/c1-15(27)32-21-13-26(30)20-6-5-17-12-18(28)8-10-24(17,2)19(20)9-11-25(26,3)23(21)16-4-7-22(29)31-14-16/h4,7,14,17-21,23,28,30H,5-6,8-13H2,1-3H3/t17-,18+,19?,20?,21?,23+,24+,25-,26+/m1/s1. The van der Waals surface area contributed by atoms with Gasteiger partial charge in [-0.1, -0.05) is 13.8 Å². The number of fused-ring (bicyclic) bond motifs is 5. The molecule has 32 heavy (non-hydrogen) atoms. The molecule has 4 fully saturated rings. The summed E-state index contributed by atoms with van der Waals surface area (Å²) < 4.78 is 11.0. The molecule has 6 heteroatoms. The van der Waals surface area contributed by atoms with Crippen LogP contribution in [0.25, 0.3) is 0 Å². The molecule has 3 unspecified atom stereocenters. The van der Waals surface area contributed by atoms with E-state index in [2.05, 4.69) is 13.8 Å². The predicted octanol–water partition coefficient (Wildman–Crippen LogP) is 3.78. The molecule has 0 aromatic carbocycles. The Bertz CT molecular complexity index is 935. The van der Waals surface area contributed by atoms with Crippen LogP contribution in [0.5, 0.6) is 0 Å². The summed E-state index contributed by atoms with van der Waals surface area (Å²) in [5, 5.41) is 22.7. The molecule has 0 amide bonds. The number of carbonyl (C=O) groups is 1. The second-order valence-corrected chi connectivity index (χ2v) is 11.5. The fourth-order valence-corrected chi connectivity index (χ4v) is 8.67. The van der Waals surface area contributed by atoms with Gasteiger partial charge in [0.2, 0.25) is 0 Å². The monoisotopic (exact) mass is 444 g/mol. The van der Waals surface area contributed by atoms with Crippen LogP contribution in [-0.4, -0.2) is 34.0 Å². The molecule has 5 rings (SSSR count). The average molecular weight is 445 g/mol. The summed E-state index contributed by atoms with van der Waals surface area (Å²) >= 11 is 0. The number of hydrogen-bond donors (Lipinski definition) is 2. The highest BCUT2D eigenvalue weighted by atomic mass is 16.5. The van der Waals surface area contributed by atoms with Gasteiger partial charge in [-0.05, 0) is 79.7 Å². The topological polar surface area (TPSA) is 97.0 Å². The van der Waals surface area contributed by atoms with Crippen LogP contribution in [0.4, 0.5) is 0 Å². The first-order valence-corrected chi connectivity index (χ1v) is 12.2. The third kappa shape index (κ3) is 3.05. The molecule has 4 aliphatic rings. The first-order valence-electron chi connectivity index (χ1n) is 12.2. The molecule has 0 aliphatic heterocycles. The van der Waals surface area contributed by atoms with Gasteiger partial charge < -0.3 is 19.4 Å². The number of aliphatic hydroxyl groups is 2. The second kappa shape index (κ2) is 7.42. The lowest BCUT2D eigenvalue weighted by Crippen LogP contribution is -2.62. The Labute approximate surface area is 189 Å². The van der Waals surface area contributed by atoms with Crippen molar-refractivity contribution >= 4 is 5.97 Å². The zero-order valence-electron chi connectivity index (χ0n) is 19.4. The van der Waals surface area contributed by atoms with Crippen LogP contribution in [0, 0.1) is 28.6 Å². The zero-order chi connectivity index (χ0) is 22.9. The van der Waals surface area contributed by atoms with Crippen molar-refractivity contribution in [2.75, 3.05) is 0 Å². The lowest BCUT2D eigenvalue weighted by atomic mass is 9.43. The summed E-state index contributed by atoms with van der Waals surface area (Å²) in [4.78, 5) is 23.6. The molecular weight excluding hydrogens is 408 g/mol. The van der Waals surface area contributed by atoms with Gasteiger partial charge in [-0.25, -0.2) is 4.79 Å². The van der Waals surface area contributed by atoms with Gasteiger partial charge in [0.15, 0.2) is 0 Å². The lowest BCUT2D eigenvalue weighted by molar-refractivity contribution is -0.205. The Kier molecular flexibility index (Phi) is 5.14. The molecule has 0 spiro atoms. The Morgan fingerprint density at radius 1 is 1.12 bits per heavy atom. The molecule has 9 atom stereocenters. The van der Waals surface area contributed by atoms with E-state index in [0.29, 0.717) is 18.3 Å². The predicted molar refractivity (Wildman–Crippen MR) is 118 cm³/mol. The smallest absolute Gasteiger partial charge is 0.335 e. The lowest BCUT2D eigenvalue weighted by Gasteiger charge is -2.63. The fourth-order valence-electron chi connectivity index (χ4n) is 8.67. The van der Waals surface area contributed by atoms with Crippen LogP contribution in [0.15, 0.2) is 27.6 Å². The van der Waals surface area contributed by atoms with E-state index in [4.69, 9.17) is 9.15 Å². The Balaban J connectivity index is 1.55. The number of ether oxygens (including phenoxy) is 1. The van der Waals surface area contributed by atoms with Gasteiger partial charge in [0, 0.05) is 30.7 Å². The molecule has 0 saturated heterocycles. The zero-order valence-corrected chi connectivity index (χ0v) is 19.4. The Morgan fingerprint density at radius 3 is 2.59 bits per heavy atom. The Morgan fingerprint density at radius 2 is 1.91 bits per heavy atom. The number of aliphatic hydroxyl groups excluding tert-OH is 1. The summed E-state index contributed by atoms with van der Waals surface area (Å²) in [5.74, 6) is 0.469. The minimum Gasteiger partial charge on any atom is -0.462 e. The molecular formula is C26H36O6. The average Bonchev–Trinajstić information content (AvgIpc) is 2.95. The molecule has 6 nitrogen and oxygen atoms in total. The quantitative estimate of drug-likeness (QED) is 0.674. The normalized spacial score (nSPS) is 47.8. The van der Waals surface area contributed by atoms with E-state index < -0.39 is 22.7 Å². The van der Waals surface area contributed by atoms with Crippen LogP contribution >= 0.6 is 0 Å². The van der Waals surface area contributed by atoms with Crippen LogP contribution in [0.3, 0.4) is 0 Å². The summed E-state index contributed by atoms with van der Waals surface area (Å²) in [6.07, 6.45) is 7.78. The molecule has 1 aromatic rings. The van der Waals surface area contributed by atoms with Crippen molar-refractivity contribution in [3.63, 3.8) is 0 Å². The summed E-state index contributed by atoms with van der Waals surface area (Å²) in [5.41, 5.74) is -0.903. The van der Waals surface area contributed by atoms with Crippen molar-refractivity contribution < 1.29 is 24.2 Å². The molecule has 4 aliphatic carbocycles. The van der Waals surface area contributed by atoms with Crippen LogP contribution in [-0.2, 0) is 9.53 Å². The first-order chi connectivity index (χ1) is 15.1. The van der Waals surface area contributed by atoms with Gasteiger partial charge in [0.1, 0.15) is 6.10 Å². The van der Waals surface area contributed by atoms with Gasteiger partial charge in [-0.2, -0.15) is 0 Å². The summed E-state index contributed by atoms with van der Waals surface area (Å²) in [6.45, 7) is 5.94. The van der Waals surface area contributed by atoms with E-state index >= 15 is 0 Å². The van der Waals surface area contributed by atoms with Crippen LogP contribution in [0.2, 0.25) is 0 Å². The molecule has 1 heterocycles. The highest BCUT2D eigenvalue weighted by molar-refractivity contribution is 5.66. The van der Waals surface area contributed by atoms with Crippen LogP contribution in [0.1, 0.15) is 83.6 Å². The van der Waals surface area contributed by atoms with Crippen molar-refractivity contribution in [3.05, 3.63) is 34.4 Å². The van der Waals surface area contributed by atoms with E-state index in [1.807, 2.05) is 0 Å². The van der Waals surface area contributed by atoms with E-state index in [1.165, 1.54) is 19.3 Å². The summed E-state index contributed by atoms with van der Waals surface area (Å²) in [6, 6.07) is 3.17. The van der Waals surface area contributed by atoms with Crippen molar-refractivity contribution in [1.29, 1.82) is 0 Å². The van der Waals surface area contributed by atoms with E-state index in [9.17, 15) is 19.8 Å². The second-order valence-electron chi connectivity index (χ2n) is 11.5. The van der Waals surface area contributed by atoms with Crippen molar-refractivity contribution in [2.45, 2.75) is 95.9 Å². The molecule has 2 N–H and O–H groups in total. The number of esters is 1. The summed E-state index contributed by atoms with van der Waals surface area (Å²) in [7, 11) is 0. The SMILES string of the molecule is CC(=O)OC1C[C@]2(O)C3CC[C@@H]4C[C@@H](O)CC[C@]4(C)C3CC[C@]2(C)[C@H]1c1ccc(=O)oc1. The third-order valence-electron chi connectivity index (χ3n) is 10.2. The van der Waals surface area contributed by atoms with Crippen molar-refractivity contribution in [2.24, 2.45) is 28.6 Å². The van der Waals surface area contributed by atoms with Gasteiger partial charge in [-0.15, -0.1) is 0 Å². The number of carbonyl (C=O) groups excluding carboxylic acids is 1.